The number of amides is 2. The van der Waals surface area contributed by atoms with Crippen LogP contribution in [0.1, 0.15) is 77.7 Å². The van der Waals surface area contributed by atoms with Crippen LogP contribution in [0.2, 0.25) is 5.02 Å². The van der Waals surface area contributed by atoms with Crippen molar-refractivity contribution < 1.29 is 14.7 Å². The van der Waals surface area contributed by atoms with E-state index in [1.165, 1.54) is 0 Å². The zero-order valence-corrected chi connectivity index (χ0v) is 26.0. The fourth-order valence-electron chi connectivity index (χ4n) is 7.25. The van der Waals surface area contributed by atoms with E-state index in [-0.39, 0.29) is 42.3 Å². The fraction of sp³-hybridized carbons (Fsp3) is 0.719. The minimum atomic E-state index is -0.844. The van der Waals surface area contributed by atoms with Gasteiger partial charge in [-0.2, -0.15) is 0 Å². The number of rotatable bonds is 7. The number of guanidine groups is 1. The Balaban J connectivity index is 1.34. The molecule has 0 aromatic heterocycles. The van der Waals surface area contributed by atoms with Crippen molar-refractivity contribution in [2.45, 2.75) is 84.2 Å². The highest BCUT2D eigenvalue weighted by Gasteiger charge is 2.47. The zero-order chi connectivity index (χ0) is 29.4. The van der Waals surface area contributed by atoms with Gasteiger partial charge in [0.1, 0.15) is 0 Å². The molecule has 0 bridgehead atoms. The van der Waals surface area contributed by atoms with E-state index in [4.69, 9.17) is 11.6 Å². The van der Waals surface area contributed by atoms with E-state index >= 15 is 0 Å². The number of likely N-dealkylation sites (tertiary alicyclic amines) is 2. The van der Waals surface area contributed by atoms with Gasteiger partial charge < -0.3 is 25.1 Å². The number of hydrogen-bond donors (Lipinski definition) is 2. The first-order valence-electron chi connectivity index (χ1n) is 15.6. The molecule has 2 amide bonds. The number of hydrogen-bond acceptors (Lipinski definition) is 6. The van der Waals surface area contributed by atoms with Gasteiger partial charge in [0, 0.05) is 49.7 Å². The highest BCUT2D eigenvalue weighted by Crippen LogP contribution is 2.42. The molecule has 3 aliphatic heterocycles. The third-order valence-electron chi connectivity index (χ3n) is 10.4. The van der Waals surface area contributed by atoms with Gasteiger partial charge in [0.25, 0.3) is 0 Å². The maximum atomic E-state index is 14.2. The SMILES string of the molecule is CCC1(C)CCC(N(C(=O)C(C)(C)CO)[C@H]2CCN(C(=O)C3CN(C4=NCCN4)C[C@H]3c3ccc(Cl)cc3)C2)CC1. The van der Waals surface area contributed by atoms with Crippen molar-refractivity contribution in [3.63, 3.8) is 0 Å². The number of aliphatic imine (C=N–C) groups is 1. The van der Waals surface area contributed by atoms with Gasteiger partial charge in [0.15, 0.2) is 5.96 Å². The molecule has 226 valence electrons. The summed E-state index contributed by atoms with van der Waals surface area (Å²) in [4.78, 5) is 39.1. The number of nitrogens with one attached hydrogen (secondary N) is 1. The van der Waals surface area contributed by atoms with Gasteiger partial charge in [-0.05, 0) is 69.1 Å². The Hall–Kier alpha value is -2.32. The Bertz CT molecular complexity index is 1130. The second kappa shape index (κ2) is 12.1. The van der Waals surface area contributed by atoms with Gasteiger partial charge in [-0.1, -0.05) is 44.0 Å². The molecule has 8 nitrogen and oxygen atoms in total. The molecule has 3 fully saturated rings. The molecule has 1 unspecified atom stereocenters. The van der Waals surface area contributed by atoms with Crippen LogP contribution in [-0.4, -0.2) is 95.5 Å². The number of carbonyl (C=O) groups excluding carboxylic acids is 2. The third kappa shape index (κ3) is 6.24. The topological polar surface area (TPSA) is 88.5 Å². The summed E-state index contributed by atoms with van der Waals surface area (Å²) in [6.45, 7) is 12.2. The highest BCUT2D eigenvalue weighted by atomic mass is 35.5. The predicted octanol–water partition coefficient (Wildman–Crippen LogP) is 4.12. The number of nitrogens with zero attached hydrogens (tertiary/aromatic N) is 4. The fourth-order valence-corrected chi connectivity index (χ4v) is 7.38. The maximum Gasteiger partial charge on any atom is 0.231 e. The summed E-state index contributed by atoms with van der Waals surface area (Å²) in [5, 5.41) is 14.2. The van der Waals surface area contributed by atoms with Crippen molar-refractivity contribution in [3.8, 4) is 0 Å². The Kier molecular flexibility index (Phi) is 8.91. The van der Waals surface area contributed by atoms with Crippen molar-refractivity contribution in [2.75, 3.05) is 45.9 Å². The average molecular weight is 586 g/mol. The van der Waals surface area contributed by atoms with E-state index in [2.05, 4.69) is 34.0 Å². The lowest BCUT2D eigenvalue weighted by atomic mass is 9.71. The summed E-state index contributed by atoms with van der Waals surface area (Å²) >= 11 is 6.19. The molecule has 3 heterocycles. The van der Waals surface area contributed by atoms with E-state index in [1.807, 2.05) is 43.0 Å². The highest BCUT2D eigenvalue weighted by molar-refractivity contribution is 6.30. The number of aliphatic hydroxyl groups is 1. The van der Waals surface area contributed by atoms with Gasteiger partial charge in [0.2, 0.25) is 11.8 Å². The molecular formula is C32H48ClN5O3. The summed E-state index contributed by atoms with van der Waals surface area (Å²) in [5.74, 6) is 0.904. The van der Waals surface area contributed by atoms with E-state index in [1.54, 1.807) is 0 Å². The Morgan fingerprint density at radius 2 is 1.83 bits per heavy atom. The molecular weight excluding hydrogens is 538 g/mol. The molecule has 0 radical (unpaired) electrons. The molecule has 3 atom stereocenters. The Morgan fingerprint density at radius 3 is 2.44 bits per heavy atom. The molecule has 41 heavy (non-hydrogen) atoms. The minimum Gasteiger partial charge on any atom is -0.395 e. The maximum absolute atomic E-state index is 14.2. The number of benzene rings is 1. The van der Waals surface area contributed by atoms with E-state index in [9.17, 15) is 14.7 Å². The van der Waals surface area contributed by atoms with Crippen LogP contribution in [0.4, 0.5) is 0 Å². The monoisotopic (exact) mass is 585 g/mol. The van der Waals surface area contributed by atoms with Crippen LogP contribution in [0.5, 0.6) is 0 Å². The van der Waals surface area contributed by atoms with Crippen LogP contribution >= 0.6 is 11.6 Å². The first-order chi connectivity index (χ1) is 19.5. The smallest absolute Gasteiger partial charge is 0.231 e. The Labute approximate surface area is 250 Å². The molecule has 1 aliphatic carbocycles. The molecule has 2 saturated heterocycles. The lowest BCUT2D eigenvalue weighted by molar-refractivity contribution is -0.149. The summed E-state index contributed by atoms with van der Waals surface area (Å²) < 4.78 is 0. The predicted molar refractivity (Wildman–Crippen MR) is 163 cm³/mol. The first kappa shape index (κ1) is 30.1. The molecule has 1 aromatic carbocycles. The lowest BCUT2D eigenvalue weighted by Gasteiger charge is -2.46. The van der Waals surface area contributed by atoms with Gasteiger partial charge in [-0.15, -0.1) is 0 Å². The molecule has 2 N–H and O–H groups in total. The molecule has 5 rings (SSSR count). The van der Waals surface area contributed by atoms with Gasteiger partial charge in [-0.3, -0.25) is 14.6 Å². The normalized spacial score (nSPS) is 30.3. The van der Waals surface area contributed by atoms with E-state index in [0.717, 1.165) is 69.7 Å². The number of aliphatic hydroxyl groups excluding tert-OH is 1. The van der Waals surface area contributed by atoms with Crippen LogP contribution in [0.3, 0.4) is 0 Å². The zero-order valence-electron chi connectivity index (χ0n) is 25.2. The molecule has 1 aromatic rings. The van der Waals surface area contributed by atoms with Crippen LogP contribution in [0.25, 0.3) is 0 Å². The van der Waals surface area contributed by atoms with Crippen molar-refractivity contribution in [1.82, 2.24) is 20.0 Å². The van der Waals surface area contributed by atoms with Crippen molar-refractivity contribution in [2.24, 2.45) is 21.7 Å². The van der Waals surface area contributed by atoms with Crippen molar-refractivity contribution in [3.05, 3.63) is 34.9 Å². The number of halogens is 1. The minimum absolute atomic E-state index is 0.0146. The summed E-state index contributed by atoms with van der Waals surface area (Å²) in [6.07, 6.45) is 6.09. The standard InChI is InChI=1S/C32H48ClN5O3/c1-5-32(4)13-10-24(11-14-32)38(29(41)31(2,3)21-39)25-12-17-36(18-25)28(40)27-20-37(30-34-15-16-35-30)19-26(27)22-6-8-23(33)9-7-22/h6-9,24-27,39H,5,10-21H2,1-4H3,(H,34,35)/t24?,25-,26-,27?,32?/m0/s1. The number of carbonyl (C=O) groups is 2. The van der Waals surface area contributed by atoms with Gasteiger partial charge in [-0.25, -0.2) is 0 Å². The first-order valence-corrected chi connectivity index (χ1v) is 15.9. The average Bonchev–Trinajstić information content (AvgIpc) is 3.76. The lowest BCUT2D eigenvalue weighted by Crippen LogP contribution is -2.55. The second-order valence-corrected chi connectivity index (χ2v) is 14.1. The largest absolute Gasteiger partial charge is 0.395 e. The van der Waals surface area contributed by atoms with Gasteiger partial charge >= 0.3 is 0 Å². The molecule has 1 saturated carbocycles. The van der Waals surface area contributed by atoms with E-state index in [0.29, 0.717) is 30.1 Å². The molecule has 4 aliphatic rings. The molecule has 9 heteroatoms. The third-order valence-corrected chi connectivity index (χ3v) is 10.6. The van der Waals surface area contributed by atoms with Crippen LogP contribution in [0, 0.1) is 16.7 Å². The van der Waals surface area contributed by atoms with Crippen molar-refractivity contribution >= 4 is 29.4 Å². The summed E-state index contributed by atoms with van der Waals surface area (Å²) in [6, 6.07) is 8.01. The van der Waals surface area contributed by atoms with Crippen molar-refractivity contribution in [1.29, 1.82) is 0 Å². The van der Waals surface area contributed by atoms with E-state index < -0.39 is 5.41 Å². The summed E-state index contributed by atoms with van der Waals surface area (Å²) in [5.41, 5.74) is 0.606. The summed E-state index contributed by atoms with van der Waals surface area (Å²) in [7, 11) is 0. The quantitative estimate of drug-likeness (QED) is 0.503. The Morgan fingerprint density at radius 1 is 1.12 bits per heavy atom. The second-order valence-electron chi connectivity index (χ2n) is 13.7. The molecule has 0 spiro atoms. The van der Waals surface area contributed by atoms with Gasteiger partial charge in [0.05, 0.1) is 30.5 Å². The van der Waals surface area contributed by atoms with Crippen LogP contribution in [0.15, 0.2) is 29.3 Å². The van der Waals surface area contributed by atoms with Crippen LogP contribution < -0.4 is 5.32 Å². The van der Waals surface area contributed by atoms with Crippen LogP contribution in [-0.2, 0) is 9.59 Å².